The first-order valence-electron chi connectivity index (χ1n) is 9.96. The Morgan fingerprint density at radius 1 is 1.20 bits per heavy atom. The lowest BCUT2D eigenvalue weighted by Gasteiger charge is -2.28. The van der Waals surface area contributed by atoms with Gasteiger partial charge in [-0.05, 0) is 61.4 Å². The monoisotopic (exact) mass is 434 g/mol. The van der Waals surface area contributed by atoms with Crippen molar-refractivity contribution in [1.29, 1.82) is 0 Å². The van der Waals surface area contributed by atoms with E-state index in [1.165, 1.54) is 0 Å². The molecule has 0 atom stereocenters. The van der Waals surface area contributed by atoms with Crippen LogP contribution in [0.1, 0.15) is 36.8 Å². The van der Waals surface area contributed by atoms with E-state index in [0.29, 0.717) is 30.3 Å². The number of aromatic amines is 1. The van der Waals surface area contributed by atoms with Crippen molar-refractivity contribution in [2.75, 3.05) is 6.26 Å². The zero-order valence-electron chi connectivity index (χ0n) is 16.9. The first-order chi connectivity index (χ1) is 14.0. The summed E-state index contributed by atoms with van der Waals surface area (Å²) in [6.45, 7) is 1.83. The maximum atomic E-state index is 13.6. The molecule has 0 unspecified atom stereocenters. The number of benzene rings is 1. The zero-order valence-corrected chi connectivity index (χ0v) is 17.7. The number of aromatic nitrogens is 2. The molecule has 2 aromatic heterocycles. The predicted octanol–water partition coefficient (Wildman–Crippen LogP) is 4.37. The first-order valence-corrected chi connectivity index (χ1v) is 11.8. The molecular weight excluding hydrogens is 410 g/mol. The van der Waals surface area contributed by atoms with E-state index >= 15 is 0 Å². The summed E-state index contributed by atoms with van der Waals surface area (Å²) in [6, 6.07) is 6.84. The van der Waals surface area contributed by atoms with Gasteiger partial charge in [-0.25, -0.2) is 17.2 Å². The Balaban J connectivity index is 1.83. The third-order valence-electron chi connectivity index (χ3n) is 6.01. The highest BCUT2D eigenvalue weighted by Gasteiger charge is 2.35. The van der Waals surface area contributed by atoms with Crippen LogP contribution in [0.4, 0.5) is 8.78 Å². The van der Waals surface area contributed by atoms with E-state index in [4.69, 9.17) is 0 Å². The second-order valence-electron chi connectivity index (χ2n) is 8.31. The highest BCUT2D eigenvalue weighted by Crippen LogP contribution is 2.39. The van der Waals surface area contributed by atoms with Crippen LogP contribution in [0, 0.1) is 12.8 Å². The molecular formula is C22H24F2N2O3S. The van der Waals surface area contributed by atoms with Crippen LogP contribution < -0.4 is 5.56 Å². The maximum Gasteiger partial charge on any atom is 0.272 e. The van der Waals surface area contributed by atoms with E-state index in [1.807, 2.05) is 13.0 Å². The van der Waals surface area contributed by atoms with E-state index in [0.717, 1.165) is 23.1 Å². The van der Waals surface area contributed by atoms with Gasteiger partial charge < -0.3 is 9.38 Å². The van der Waals surface area contributed by atoms with Gasteiger partial charge in [-0.2, -0.15) is 0 Å². The summed E-state index contributed by atoms with van der Waals surface area (Å²) >= 11 is 0. The number of aryl methyl sites for hydroxylation is 1. The zero-order chi connectivity index (χ0) is 21.7. The summed E-state index contributed by atoms with van der Waals surface area (Å²) in [4.78, 5) is 15.1. The van der Waals surface area contributed by atoms with Crippen LogP contribution in [0.2, 0.25) is 0 Å². The molecule has 160 valence electrons. The summed E-state index contributed by atoms with van der Waals surface area (Å²) in [7, 11) is -3.43. The van der Waals surface area contributed by atoms with Gasteiger partial charge in [-0.15, -0.1) is 0 Å². The van der Waals surface area contributed by atoms with Gasteiger partial charge in [0.1, 0.15) is 5.52 Å². The SMILES string of the molecule is Cc1cc(-c2cc(S(C)(=O)=O)ccc2CC2CCC(F)(F)CC2)n2cc[nH]c(=O)c12. The fourth-order valence-electron chi connectivity index (χ4n) is 4.38. The molecule has 4 rings (SSSR count). The Kier molecular flexibility index (Phi) is 5.08. The Morgan fingerprint density at radius 2 is 1.90 bits per heavy atom. The van der Waals surface area contributed by atoms with Crippen LogP contribution in [-0.2, 0) is 16.3 Å². The Labute approximate surface area is 173 Å². The predicted molar refractivity (Wildman–Crippen MR) is 112 cm³/mol. The summed E-state index contributed by atoms with van der Waals surface area (Å²) in [6.07, 6.45) is 5.67. The standard InChI is InChI=1S/C22H24F2N2O3S/c1-14-11-19(26-10-9-25-21(27)20(14)26)18-13-17(30(2,28)29)4-3-16(18)12-15-5-7-22(23,24)8-6-15/h3-4,9-11,13,15H,5-8,12H2,1-2H3,(H,25,27). The van der Waals surface area contributed by atoms with E-state index in [2.05, 4.69) is 4.98 Å². The van der Waals surface area contributed by atoms with Gasteiger partial charge >= 0.3 is 0 Å². The average Bonchev–Trinajstić information content (AvgIpc) is 3.01. The van der Waals surface area contributed by atoms with Gasteiger partial charge in [-0.1, -0.05) is 6.07 Å². The van der Waals surface area contributed by atoms with E-state index in [-0.39, 0.29) is 29.2 Å². The van der Waals surface area contributed by atoms with Gasteiger partial charge in [0.05, 0.1) is 10.6 Å². The summed E-state index contributed by atoms with van der Waals surface area (Å²) in [5, 5.41) is 0. The lowest BCUT2D eigenvalue weighted by Crippen LogP contribution is -2.25. The largest absolute Gasteiger partial charge is 0.326 e. The minimum Gasteiger partial charge on any atom is -0.326 e. The van der Waals surface area contributed by atoms with Crippen LogP contribution in [0.15, 0.2) is 46.3 Å². The van der Waals surface area contributed by atoms with E-state index in [9.17, 15) is 22.0 Å². The van der Waals surface area contributed by atoms with Crippen molar-refractivity contribution in [2.24, 2.45) is 5.92 Å². The average molecular weight is 435 g/mol. The van der Waals surface area contributed by atoms with Crippen molar-refractivity contribution in [3.8, 4) is 11.3 Å². The smallest absolute Gasteiger partial charge is 0.272 e. The van der Waals surface area contributed by atoms with Crippen LogP contribution >= 0.6 is 0 Å². The molecule has 8 heteroatoms. The van der Waals surface area contributed by atoms with Crippen molar-refractivity contribution in [3.63, 3.8) is 0 Å². The number of hydrogen-bond donors (Lipinski definition) is 1. The Hall–Kier alpha value is -2.48. The molecule has 1 N–H and O–H groups in total. The molecule has 1 fully saturated rings. The topological polar surface area (TPSA) is 71.4 Å². The molecule has 0 aliphatic heterocycles. The Bertz CT molecular complexity index is 1270. The summed E-state index contributed by atoms with van der Waals surface area (Å²) < 4.78 is 53.2. The Morgan fingerprint density at radius 3 is 2.57 bits per heavy atom. The number of nitrogens with one attached hydrogen (secondary N) is 1. The fraction of sp³-hybridized carbons (Fsp3) is 0.409. The minimum atomic E-state index is -3.43. The van der Waals surface area contributed by atoms with Crippen LogP contribution in [-0.4, -0.2) is 30.0 Å². The lowest BCUT2D eigenvalue weighted by atomic mass is 9.82. The number of halogens is 2. The molecule has 1 aliphatic carbocycles. The van der Waals surface area contributed by atoms with Crippen molar-refractivity contribution in [1.82, 2.24) is 9.38 Å². The van der Waals surface area contributed by atoms with E-state index in [1.54, 1.807) is 35.0 Å². The molecule has 1 aromatic carbocycles. The highest BCUT2D eigenvalue weighted by molar-refractivity contribution is 7.90. The fourth-order valence-corrected chi connectivity index (χ4v) is 5.02. The number of H-pyrrole nitrogens is 1. The van der Waals surface area contributed by atoms with Crippen molar-refractivity contribution >= 4 is 15.4 Å². The van der Waals surface area contributed by atoms with Crippen molar-refractivity contribution < 1.29 is 17.2 Å². The molecule has 30 heavy (non-hydrogen) atoms. The van der Waals surface area contributed by atoms with Gasteiger partial charge in [0, 0.05) is 37.1 Å². The number of alkyl halides is 2. The molecule has 3 aromatic rings. The van der Waals surface area contributed by atoms with Crippen LogP contribution in [0.5, 0.6) is 0 Å². The molecule has 0 bridgehead atoms. The van der Waals surface area contributed by atoms with Crippen molar-refractivity contribution in [2.45, 2.75) is 49.8 Å². The summed E-state index contributed by atoms with van der Waals surface area (Å²) in [5.41, 5.74) is 3.38. The number of rotatable bonds is 4. The lowest BCUT2D eigenvalue weighted by molar-refractivity contribution is -0.0456. The molecule has 1 aliphatic rings. The maximum absolute atomic E-state index is 13.6. The molecule has 0 spiro atoms. The second kappa shape index (κ2) is 7.34. The van der Waals surface area contributed by atoms with Gasteiger partial charge in [0.15, 0.2) is 9.84 Å². The first kappa shape index (κ1) is 20.8. The third kappa shape index (κ3) is 3.93. The molecule has 5 nitrogen and oxygen atoms in total. The molecule has 1 saturated carbocycles. The number of hydrogen-bond acceptors (Lipinski definition) is 3. The second-order valence-corrected chi connectivity index (χ2v) is 10.3. The molecule has 0 saturated heterocycles. The molecule has 0 amide bonds. The highest BCUT2D eigenvalue weighted by atomic mass is 32.2. The van der Waals surface area contributed by atoms with Crippen LogP contribution in [0.25, 0.3) is 16.8 Å². The van der Waals surface area contributed by atoms with E-state index < -0.39 is 15.8 Å². The quantitative estimate of drug-likeness (QED) is 0.663. The molecule has 2 heterocycles. The van der Waals surface area contributed by atoms with Gasteiger partial charge in [0.25, 0.3) is 5.56 Å². The number of sulfone groups is 1. The number of fused-ring (bicyclic) bond motifs is 1. The molecule has 0 radical (unpaired) electrons. The normalized spacial score (nSPS) is 17.5. The minimum absolute atomic E-state index is 0.114. The van der Waals surface area contributed by atoms with Gasteiger partial charge in [0.2, 0.25) is 5.92 Å². The van der Waals surface area contributed by atoms with Gasteiger partial charge in [-0.3, -0.25) is 4.79 Å². The van der Waals surface area contributed by atoms with Crippen molar-refractivity contribution in [3.05, 3.63) is 58.1 Å². The van der Waals surface area contributed by atoms with Crippen LogP contribution in [0.3, 0.4) is 0 Å². The number of nitrogens with zero attached hydrogens (tertiary/aromatic N) is 1. The third-order valence-corrected chi connectivity index (χ3v) is 7.12. The summed E-state index contributed by atoms with van der Waals surface area (Å²) in [5.74, 6) is -2.47.